The lowest BCUT2D eigenvalue weighted by atomic mass is 10.1. The molecule has 5 heterocycles. The number of H-pyrrole nitrogens is 2. The molecule has 0 spiro atoms. The van der Waals surface area contributed by atoms with Crippen LogP contribution in [-0.4, -0.2) is 46.7 Å². The molecule has 0 aliphatic carbocycles. The first kappa shape index (κ1) is 13.2. The Balaban J connectivity index is 1.56. The molecule has 4 aromatic rings. The van der Waals surface area contributed by atoms with Crippen molar-refractivity contribution in [1.82, 2.24) is 40.1 Å². The third-order valence-electron chi connectivity index (χ3n) is 4.36. The summed E-state index contributed by atoms with van der Waals surface area (Å²) in [5.41, 5.74) is 5.75. The lowest BCUT2D eigenvalue weighted by Crippen LogP contribution is -2.31. The van der Waals surface area contributed by atoms with E-state index in [2.05, 4.69) is 35.4 Å². The number of aromatic nitrogens is 8. The van der Waals surface area contributed by atoms with Gasteiger partial charge in [0.2, 0.25) is 5.95 Å². The molecule has 0 saturated heterocycles. The van der Waals surface area contributed by atoms with Gasteiger partial charge in [0.05, 0.1) is 30.8 Å². The van der Waals surface area contributed by atoms with Crippen molar-refractivity contribution in [2.75, 3.05) is 11.4 Å². The zero-order valence-corrected chi connectivity index (χ0v) is 13.1. The largest absolute Gasteiger partial charge is 0.335 e. The molecule has 0 fully saturated rings. The number of aromatic amines is 2. The van der Waals surface area contributed by atoms with Gasteiger partial charge in [0.25, 0.3) is 0 Å². The van der Waals surface area contributed by atoms with E-state index in [0.29, 0.717) is 5.95 Å². The van der Waals surface area contributed by atoms with Gasteiger partial charge in [-0.3, -0.25) is 14.9 Å². The summed E-state index contributed by atoms with van der Waals surface area (Å²) in [4.78, 5) is 11.4. The summed E-state index contributed by atoms with van der Waals surface area (Å²) in [5, 5.41) is 18.7. The van der Waals surface area contributed by atoms with Crippen LogP contribution in [0.3, 0.4) is 0 Å². The number of aryl methyl sites for hydroxylation is 1. The molecule has 0 unspecified atom stereocenters. The highest BCUT2D eigenvalue weighted by molar-refractivity contribution is 5.89. The van der Waals surface area contributed by atoms with Crippen LogP contribution in [0.1, 0.15) is 11.3 Å². The van der Waals surface area contributed by atoms with E-state index >= 15 is 0 Å². The van der Waals surface area contributed by atoms with Crippen LogP contribution >= 0.6 is 0 Å². The standard InChI is InChI=1S/C15H15N9/c1-23-7-10(5-18-23)13-14-11(21-22-13)6-16-15(19-14)24-3-2-9-4-17-20-12(9)8-24/h4-7H,2-3,8H2,1H3,(H,17,20)(H,21,22). The first-order valence-corrected chi connectivity index (χ1v) is 7.74. The third-order valence-corrected chi connectivity index (χ3v) is 4.36. The van der Waals surface area contributed by atoms with Gasteiger partial charge >= 0.3 is 0 Å². The minimum absolute atomic E-state index is 0.703. The lowest BCUT2D eigenvalue weighted by Gasteiger charge is -2.26. The molecule has 24 heavy (non-hydrogen) atoms. The summed E-state index contributed by atoms with van der Waals surface area (Å²) < 4.78 is 1.75. The maximum atomic E-state index is 4.75. The van der Waals surface area contributed by atoms with Crippen LogP contribution in [0.2, 0.25) is 0 Å². The van der Waals surface area contributed by atoms with Crippen molar-refractivity contribution < 1.29 is 0 Å². The number of hydrogen-bond acceptors (Lipinski definition) is 6. The zero-order valence-electron chi connectivity index (χ0n) is 13.1. The van der Waals surface area contributed by atoms with E-state index in [-0.39, 0.29) is 0 Å². The molecule has 0 radical (unpaired) electrons. The molecular weight excluding hydrogens is 306 g/mol. The van der Waals surface area contributed by atoms with Gasteiger partial charge in [-0.1, -0.05) is 0 Å². The lowest BCUT2D eigenvalue weighted by molar-refractivity contribution is 0.697. The Morgan fingerprint density at radius 2 is 2.12 bits per heavy atom. The number of rotatable bonds is 2. The fraction of sp³-hybridized carbons (Fsp3) is 0.267. The van der Waals surface area contributed by atoms with E-state index in [9.17, 15) is 0 Å². The first-order valence-electron chi connectivity index (χ1n) is 7.74. The fourth-order valence-electron chi connectivity index (χ4n) is 3.09. The second-order valence-corrected chi connectivity index (χ2v) is 5.95. The monoisotopic (exact) mass is 321 g/mol. The predicted molar refractivity (Wildman–Crippen MR) is 87.2 cm³/mol. The van der Waals surface area contributed by atoms with Crippen LogP contribution in [0.4, 0.5) is 5.95 Å². The van der Waals surface area contributed by atoms with Gasteiger partial charge < -0.3 is 4.90 Å². The van der Waals surface area contributed by atoms with Crippen LogP contribution in [0.5, 0.6) is 0 Å². The number of fused-ring (bicyclic) bond motifs is 2. The molecular formula is C15H15N9. The summed E-state index contributed by atoms with van der Waals surface area (Å²) in [7, 11) is 1.88. The molecule has 5 rings (SSSR count). The molecule has 9 heteroatoms. The van der Waals surface area contributed by atoms with Crippen molar-refractivity contribution in [3.05, 3.63) is 36.0 Å². The Morgan fingerprint density at radius 1 is 1.17 bits per heavy atom. The van der Waals surface area contributed by atoms with Crippen LogP contribution in [0, 0.1) is 0 Å². The summed E-state index contributed by atoms with van der Waals surface area (Å²) in [6.45, 7) is 1.61. The average molecular weight is 321 g/mol. The molecule has 0 aromatic carbocycles. The topological polar surface area (TPSA) is 104 Å². The van der Waals surface area contributed by atoms with E-state index < -0.39 is 0 Å². The molecule has 9 nitrogen and oxygen atoms in total. The summed E-state index contributed by atoms with van der Waals surface area (Å²) in [6.07, 6.45) is 8.33. The Kier molecular flexibility index (Phi) is 2.69. The number of anilines is 1. The SMILES string of the molecule is Cn1cc(-c2n[nH]c3cnc(N4CCc5cn[nH]c5C4)nc23)cn1. The number of nitrogens with zero attached hydrogens (tertiary/aromatic N) is 7. The van der Waals surface area contributed by atoms with Crippen molar-refractivity contribution in [2.24, 2.45) is 7.05 Å². The normalized spacial score (nSPS) is 14.3. The maximum absolute atomic E-state index is 4.75. The molecule has 2 N–H and O–H groups in total. The van der Waals surface area contributed by atoms with Gasteiger partial charge in [0.15, 0.2) is 0 Å². The molecule has 120 valence electrons. The molecule has 4 aromatic heterocycles. The Morgan fingerprint density at radius 3 is 3.00 bits per heavy atom. The Hall–Kier alpha value is -3.23. The van der Waals surface area contributed by atoms with Gasteiger partial charge in [-0.05, 0) is 12.0 Å². The Labute approximate surface area is 136 Å². The van der Waals surface area contributed by atoms with Crippen LogP contribution < -0.4 is 4.90 Å². The van der Waals surface area contributed by atoms with E-state index in [0.717, 1.165) is 47.5 Å². The predicted octanol–water partition coefficient (Wildman–Crippen LogP) is 1.04. The highest BCUT2D eigenvalue weighted by atomic mass is 15.3. The van der Waals surface area contributed by atoms with E-state index in [1.165, 1.54) is 5.56 Å². The highest BCUT2D eigenvalue weighted by Crippen LogP contribution is 2.26. The van der Waals surface area contributed by atoms with Gasteiger partial charge in [0, 0.05) is 25.4 Å². The van der Waals surface area contributed by atoms with Crippen molar-refractivity contribution in [3.63, 3.8) is 0 Å². The minimum Gasteiger partial charge on any atom is -0.335 e. The molecule has 0 amide bonds. The first-order chi connectivity index (χ1) is 11.8. The summed E-state index contributed by atoms with van der Waals surface area (Å²) in [5.74, 6) is 0.703. The van der Waals surface area contributed by atoms with Crippen molar-refractivity contribution in [3.8, 4) is 11.3 Å². The number of nitrogens with one attached hydrogen (secondary N) is 2. The average Bonchev–Trinajstić information content (AvgIpc) is 3.32. The third kappa shape index (κ3) is 1.98. The van der Waals surface area contributed by atoms with Gasteiger partial charge in [-0.25, -0.2) is 9.97 Å². The van der Waals surface area contributed by atoms with E-state index in [1.807, 2.05) is 19.4 Å². The van der Waals surface area contributed by atoms with Crippen molar-refractivity contribution in [1.29, 1.82) is 0 Å². The van der Waals surface area contributed by atoms with Crippen molar-refractivity contribution >= 4 is 17.0 Å². The van der Waals surface area contributed by atoms with Crippen LogP contribution in [0.15, 0.2) is 24.8 Å². The van der Waals surface area contributed by atoms with Gasteiger partial charge in [0.1, 0.15) is 16.7 Å². The highest BCUT2D eigenvalue weighted by Gasteiger charge is 2.21. The Bertz CT molecular complexity index is 1020. The van der Waals surface area contributed by atoms with Crippen molar-refractivity contribution in [2.45, 2.75) is 13.0 Å². The summed E-state index contributed by atoms with van der Waals surface area (Å²) >= 11 is 0. The number of hydrogen-bond donors (Lipinski definition) is 2. The quantitative estimate of drug-likeness (QED) is 0.571. The summed E-state index contributed by atoms with van der Waals surface area (Å²) in [6, 6.07) is 0. The van der Waals surface area contributed by atoms with Gasteiger partial charge in [-0.15, -0.1) is 0 Å². The van der Waals surface area contributed by atoms with Crippen LogP contribution in [0.25, 0.3) is 22.3 Å². The zero-order chi connectivity index (χ0) is 16.1. The minimum atomic E-state index is 0.703. The second-order valence-electron chi connectivity index (χ2n) is 5.95. The molecule has 0 atom stereocenters. The molecule has 1 aliphatic heterocycles. The van der Waals surface area contributed by atoms with Crippen LogP contribution in [-0.2, 0) is 20.0 Å². The maximum Gasteiger partial charge on any atom is 0.226 e. The second kappa shape index (κ2) is 4.88. The van der Waals surface area contributed by atoms with E-state index in [4.69, 9.17) is 4.98 Å². The molecule has 1 aliphatic rings. The fourth-order valence-corrected chi connectivity index (χ4v) is 3.09. The van der Waals surface area contributed by atoms with Gasteiger partial charge in [-0.2, -0.15) is 15.3 Å². The smallest absolute Gasteiger partial charge is 0.226 e. The molecule has 0 saturated carbocycles. The van der Waals surface area contributed by atoms with E-state index in [1.54, 1.807) is 17.1 Å². The molecule has 0 bridgehead atoms.